The summed E-state index contributed by atoms with van der Waals surface area (Å²) >= 11 is 5.55. The lowest BCUT2D eigenvalue weighted by Crippen LogP contribution is -2.06. The first kappa shape index (κ1) is 13.7. The highest BCUT2D eigenvalue weighted by atomic mass is 32.1. The molecule has 108 valence electrons. The average molecular weight is 290 g/mol. The van der Waals surface area contributed by atoms with Gasteiger partial charge in [0.25, 0.3) is 0 Å². The van der Waals surface area contributed by atoms with Crippen LogP contribution in [0.15, 0.2) is 18.2 Å². The molecule has 1 aliphatic rings. The van der Waals surface area contributed by atoms with Crippen LogP contribution in [-0.4, -0.2) is 15.7 Å². The zero-order chi connectivity index (χ0) is 14.3. The van der Waals surface area contributed by atoms with Gasteiger partial charge in [0.1, 0.15) is 11.3 Å². The van der Waals surface area contributed by atoms with E-state index in [4.69, 9.17) is 17.0 Å². The van der Waals surface area contributed by atoms with Gasteiger partial charge in [0.15, 0.2) is 4.77 Å². The van der Waals surface area contributed by atoms with Crippen molar-refractivity contribution in [3.8, 4) is 5.75 Å². The van der Waals surface area contributed by atoms with Crippen molar-refractivity contribution in [2.24, 2.45) is 5.92 Å². The summed E-state index contributed by atoms with van der Waals surface area (Å²) in [7, 11) is 0. The molecule has 0 aliphatic heterocycles. The molecule has 1 aliphatic carbocycles. The monoisotopic (exact) mass is 290 g/mol. The molecule has 3 rings (SSSR count). The summed E-state index contributed by atoms with van der Waals surface area (Å²) in [5, 5.41) is 0. The maximum Gasteiger partial charge on any atom is 0.178 e. The lowest BCUT2D eigenvalue weighted by molar-refractivity contribution is 0.245. The molecule has 0 bridgehead atoms. The van der Waals surface area contributed by atoms with E-state index in [1.807, 2.05) is 19.9 Å². The number of benzene rings is 1. The van der Waals surface area contributed by atoms with E-state index in [1.165, 1.54) is 24.8 Å². The highest BCUT2D eigenvalue weighted by Crippen LogP contribution is 2.37. The topological polar surface area (TPSA) is 29.9 Å². The number of nitrogens with one attached hydrogen (secondary N) is 1. The number of fused-ring (bicyclic) bond motifs is 1. The van der Waals surface area contributed by atoms with Crippen LogP contribution in [0.3, 0.4) is 0 Å². The summed E-state index contributed by atoms with van der Waals surface area (Å²) in [5.74, 6) is 1.69. The third-order valence-corrected chi connectivity index (χ3v) is 4.41. The van der Waals surface area contributed by atoms with Crippen LogP contribution >= 0.6 is 12.2 Å². The summed E-state index contributed by atoms with van der Waals surface area (Å²) < 4.78 is 9.00. The number of para-hydroxylation sites is 1. The Morgan fingerprint density at radius 2 is 2.15 bits per heavy atom. The minimum Gasteiger partial charge on any atom is -0.489 e. The Bertz CT molecular complexity index is 671. The van der Waals surface area contributed by atoms with Crippen molar-refractivity contribution in [3.05, 3.63) is 23.0 Å². The fourth-order valence-electron chi connectivity index (χ4n) is 3.25. The van der Waals surface area contributed by atoms with Gasteiger partial charge in [-0.15, -0.1) is 0 Å². The van der Waals surface area contributed by atoms with Crippen molar-refractivity contribution in [2.75, 3.05) is 0 Å². The second-order valence-electron chi connectivity index (χ2n) is 6.19. The van der Waals surface area contributed by atoms with Crippen molar-refractivity contribution in [1.29, 1.82) is 0 Å². The summed E-state index contributed by atoms with van der Waals surface area (Å²) in [5.41, 5.74) is 2.21. The first-order chi connectivity index (χ1) is 9.56. The molecule has 0 spiro atoms. The van der Waals surface area contributed by atoms with Crippen LogP contribution < -0.4 is 4.74 Å². The Kier molecular flexibility index (Phi) is 3.59. The Morgan fingerprint density at radius 1 is 1.35 bits per heavy atom. The third kappa shape index (κ3) is 2.37. The van der Waals surface area contributed by atoms with Crippen LogP contribution in [0.1, 0.15) is 46.1 Å². The predicted octanol–water partition coefficient (Wildman–Crippen LogP) is 4.85. The van der Waals surface area contributed by atoms with Gasteiger partial charge in [0.2, 0.25) is 0 Å². The molecular weight excluding hydrogens is 268 g/mol. The van der Waals surface area contributed by atoms with Crippen molar-refractivity contribution >= 4 is 23.3 Å². The number of H-pyrrole nitrogens is 1. The third-order valence-electron chi connectivity index (χ3n) is 4.11. The largest absolute Gasteiger partial charge is 0.489 e. The van der Waals surface area contributed by atoms with E-state index in [0.29, 0.717) is 6.04 Å². The predicted molar refractivity (Wildman–Crippen MR) is 84.9 cm³/mol. The maximum absolute atomic E-state index is 5.89. The number of nitrogens with zero attached hydrogens (tertiary/aromatic N) is 1. The quantitative estimate of drug-likeness (QED) is 0.819. The van der Waals surface area contributed by atoms with Crippen LogP contribution in [0.4, 0.5) is 0 Å². The van der Waals surface area contributed by atoms with Gasteiger partial charge < -0.3 is 14.3 Å². The number of hydrogen-bond acceptors (Lipinski definition) is 2. The number of ether oxygens (including phenoxy) is 1. The molecule has 20 heavy (non-hydrogen) atoms. The van der Waals surface area contributed by atoms with E-state index in [0.717, 1.165) is 22.0 Å². The zero-order valence-corrected chi connectivity index (χ0v) is 13.2. The van der Waals surface area contributed by atoms with Crippen molar-refractivity contribution in [3.63, 3.8) is 0 Å². The summed E-state index contributed by atoms with van der Waals surface area (Å²) in [6.45, 7) is 6.41. The van der Waals surface area contributed by atoms with Gasteiger partial charge >= 0.3 is 0 Å². The van der Waals surface area contributed by atoms with Gasteiger partial charge in [-0.1, -0.05) is 13.0 Å². The van der Waals surface area contributed by atoms with Crippen LogP contribution in [0, 0.1) is 10.7 Å². The van der Waals surface area contributed by atoms with Crippen LogP contribution in [-0.2, 0) is 0 Å². The second-order valence-corrected chi connectivity index (χ2v) is 6.58. The van der Waals surface area contributed by atoms with E-state index in [2.05, 4.69) is 28.6 Å². The van der Waals surface area contributed by atoms with Gasteiger partial charge in [-0.25, -0.2) is 0 Å². The first-order valence-electron chi connectivity index (χ1n) is 7.46. The maximum atomic E-state index is 5.89. The Morgan fingerprint density at radius 3 is 2.80 bits per heavy atom. The zero-order valence-electron chi connectivity index (χ0n) is 12.3. The summed E-state index contributed by atoms with van der Waals surface area (Å²) in [6, 6.07) is 6.73. The van der Waals surface area contributed by atoms with E-state index < -0.39 is 0 Å². The van der Waals surface area contributed by atoms with E-state index in [9.17, 15) is 0 Å². The number of aromatic nitrogens is 2. The minimum absolute atomic E-state index is 0.164. The molecule has 0 saturated heterocycles. The highest BCUT2D eigenvalue weighted by Gasteiger charge is 2.25. The van der Waals surface area contributed by atoms with Crippen molar-refractivity contribution < 1.29 is 4.74 Å². The first-order valence-corrected chi connectivity index (χ1v) is 7.87. The fraction of sp³-hybridized carbons (Fsp3) is 0.562. The van der Waals surface area contributed by atoms with Crippen molar-refractivity contribution in [2.45, 2.75) is 52.2 Å². The van der Waals surface area contributed by atoms with Crippen LogP contribution in [0.5, 0.6) is 5.75 Å². The number of hydrogen-bond donors (Lipinski definition) is 1. The number of rotatable bonds is 3. The van der Waals surface area contributed by atoms with Gasteiger partial charge in [-0.05, 0) is 63.4 Å². The molecule has 4 heteroatoms. The molecule has 2 aromatic rings. The molecule has 1 aromatic heterocycles. The lowest BCUT2D eigenvalue weighted by Gasteiger charge is -2.14. The SMILES string of the molecule is CC1CCC(n2c(=S)[nH]c3c(OC(C)C)cccc32)C1. The fourth-order valence-corrected chi connectivity index (χ4v) is 3.60. The smallest absolute Gasteiger partial charge is 0.178 e. The van der Waals surface area contributed by atoms with Gasteiger partial charge in [-0.3, -0.25) is 0 Å². The van der Waals surface area contributed by atoms with E-state index in [1.54, 1.807) is 0 Å². The molecule has 2 atom stereocenters. The molecule has 1 saturated carbocycles. The number of imidazole rings is 1. The molecule has 1 N–H and O–H groups in total. The Hall–Kier alpha value is -1.29. The molecule has 0 radical (unpaired) electrons. The molecule has 3 nitrogen and oxygen atoms in total. The molecule has 1 fully saturated rings. The molecule has 2 unspecified atom stereocenters. The molecule has 1 heterocycles. The van der Waals surface area contributed by atoms with E-state index >= 15 is 0 Å². The number of aromatic amines is 1. The van der Waals surface area contributed by atoms with Gasteiger partial charge in [0, 0.05) is 6.04 Å². The van der Waals surface area contributed by atoms with Crippen molar-refractivity contribution in [1.82, 2.24) is 9.55 Å². The standard InChI is InChI=1S/C16H22N2OS/c1-10(2)19-14-6-4-5-13-15(14)17-16(20)18(13)12-8-7-11(3)9-12/h4-6,10-12H,7-9H2,1-3H3,(H,17,20). The van der Waals surface area contributed by atoms with E-state index in [-0.39, 0.29) is 6.10 Å². The highest BCUT2D eigenvalue weighted by molar-refractivity contribution is 7.71. The second kappa shape index (κ2) is 5.24. The summed E-state index contributed by atoms with van der Waals surface area (Å²) in [6.07, 6.45) is 3.90. The normalized spacial score (nSPS) is 22.8. The molecular formula is C16H22N2OS. The summed E-state index contributed by atoms with van der Waals surface area (Å²) in [4.78, 5) is 3.35. The Labute approximate surface area is 125 Å². The van der Waals surface area contributed by atoms with Gasteiger partial charge in [-0.2, -0.15) is 0 Å². The Balaban J connectivity index is 2.10. The van der Waals surface area contributed by atoms with Gasteiger partial charge in [0.05, 0.1) is 11.6 Å². The van der Waals surface area contributed by atoms with Crippen LogP contribution in [0.2, 0.25) is 0 Å². The van der Waals surface area contributed by atoms with Crippen LogP contribution in [0.25, 0.3) is 11.0 Å². The minimum atomic E-state index is 0.164. The lowest BCUT2D eigenvalue weighted by atomic mass is 10.1. The molecule has 1 aromatic carbocycles. The average Bonchev–Trinajstić information content (AvgIpc) is 2.92. The molecule has 0 amide bonds.